The van der Waals surface area contributed by atoms with Crippen molar-refractivity contribution in [3.05, 3.63) is 77.9 Å². The second-order valence-electron chi connectivity index (χ2n) is 7.66. The van der Waals surface area contributed by atoms with Gasteiger partial charge in [-0.15, -0.1) is 0 Å². The van der Waals surface area contributed by atoms with E-state index in [1.165, 1.54) is 29.2 Å². The molecule has 0 spiro atoms. The molecule has 3 nitrogen and oxygen atoms in total. The van der Waals surface area contributed by atoms with E-state index in [9.17, 15) is 4.79 Å². The van der Waals surface area contributed by atoms with Crippen molar-refractivity contribution in [1.82, 2.24) is 0 Å². The summed E-state index contributed by atoms with van der Waals surface area (Å²) in [6.07, 6.45) is 2.37. The molecule has 0 bridgehead atoms. The fourth-order valence-corrected chi connectivity index (χ4v) is 4.38. The maximum absolute atomic E-state index is 11.0. The molecule has 27 heavy (non-hydrogen) atoms. The topological polar surface area (TPSA) is 40.5 Å². The van der Waals surface area contributed by atoms with Gasteiger partial charge in [-0.2, -0.15) is 0 Å². The number of fused-ring (bicyclic) bond motifs is 1. The number of aromatic carboxylic acids is 1. The summed E-state index contributed by atoms with van der Waals surface area (Å²) >= 11 is 0. The molecule has 1 heterocycles. The average Bonchev–Trinajstić information content (AvgIpc) is 3.16. The van der Waals surface area contributed by atoms with Gasteiger partial charge < -0.3 is 10.0 Å². The lowest BCUT2D eigenvalue weighted by atomic mass is 9.87. The smallest absolute Gasteiger partial charge is 0.335 e. The van der Waals surface area contributed by atoms with Crippen LogP contribution in [0.3, 0.4) is 0 Å². The molecule has 3 heteroatoms. The largest absolute Gasteiger partial charge is 0.478 e. The van der Waals surface area contributed by atoms with Crippen molar-refractivity contribution in [3.63, 3.8) is 0 Å². The van der Waals surface area contributed by atoms with Crippen LogP contribution in [0.15, 0.2) is 66.7 Å². The number of carbonyl (C=O) groups is 1. The fourth-order valence-electron chi connectivity index (χ4n) is 4.38. The van der Waals surface area contributed by atoms with Crippen molar-refractivity contribution >= 4 is 22.4 Å². The van der Waals surface area contributed by atoms with Crippen molar-refractivity contribution in [1.29, 1.82) is 0 Å². The first-order valence-electron chi connectivity index (χ1n) is 9.68. The minimum Gasteiger partial charge on any atom is -0.478 e. The highest BCUT2D eigenvalue weighted by Crippen LogP contribution is 2.34. The van der Waals surface area contributed by atoms with Gasteiger partial charge in [0, 0.05) is 18.8 Å². The zero-order valence-corrected chi connectivity index (χ0v) is 15.6. The lowest BCUT2D eigenvalue weighted by molar-refractivity contribution is 0.0697. The molecule has 0 aromatic heterocycles. The summed E-state index contributed by atoms with van der Waals surface area (Å²) in [7, 11) is 0. The molecular weight excluding hydrogens is 334 g/mol. The maximum Gasteiger partial charge on any atom is 0.335 e. The normalized spacial score (nSPS) is 18.0. The first kappa shape index (κ1) is 17.6. The molecule has 0 radical (unpaired) electrons. The van der Waals surface area contributed by atoms with Gasteiger partial charge in [0.2, 0.25) is 0 Å². The van der Waals surface area contributed by atoms with Gasteiger partial charge >= 0.3 is 5.97 Å². The number of carboxylic acids is 1. The third kappa shape index (κ3) is 3.68. The Morgan fingerprint density at radius 3 is 2.59 bits per heavy atom. The first-order chi connectivity index (χ1) is 13.1. The Morgan fingerprint density at radius 1 is 1.07 bits per heavy atom. The fraction of sp³-hybridized carbons (Fsp3) is 0.292. The zero-order chi connectivity index (χ0) is 18.8. The predicted molar refractivity (Wildman–Crippen MR) is 111 cm³/mol. The quantitative estimate of drug-likeness (QED) is 0.648. The molecule has 1 aliphatic rings. The molecule has 4 rings (SSSR count). The van der Waals surface area contributed by atoms with E-state index in [-0.39, 0.29) is 0 Å². The molecule has 2 atom stereocenters. The van der Waals surface area contributed by atoms with Crippen molar-refractivity contribution in [2.75, 3.05) is 18.0 Å². The average molecular weight is 359 g/mol. The van der Waals surface area contributed by atoms with Crippen LogP contribution in [0.1, 0.15) is 41.6 Å². The van der Waals surface area contributed by atoms with Crippen LogP contribution >= 0.6 is 0 Å². The highest BCUT2D eigenvalue weighted by Gasteiger charge is 2.25. The number of carboxylic acid groups (broad SMARTS) is 1. The molecule has 3 aromatic rings. The van der Waals surface area contributed by atoms with Crippen LogP contribution in [0.5, 0.6) is 0 Å². The van der Waals surface area contributed by atoms with Crippen LogP contribution in [0, 0.1) is 5.92 Å². The number of anilines is 1. The number of hydrogen-bond acceptors (Lipinski definition) is 2. The van der Waals surface area contributed by atoms with Gasteiger partial charge in [0.05, 0.1) is 5.56 Å². The van der Waals surface area contributed by atoms with E-state index in [1.54, 1.807) is 12.1 Å². The van der Waals surface area contributed by atoms with Gasteiger partial charge in [0.25, 0.3) is 0 Å². The molecule has 0 saturated carbocycles. The molecule has 0 aliphatic carbocycles. The van der Waals surface area contributed by atoms with E-state index in [0.29, 0.717) is 17.4 Å². The number of hydrogen-bond donors (Lipinski definition) is 1. The van der Waals surface area contributed by atoms with E-state index in [0.717, 1.165) is 18.8 Å². The summed E-state index contributed by atoms with van der Waals surface area (Å²) < 4.78 is 0. The van der Waals surface area contributed by atoms with Gasteiger partial charge in [-0.25, -0.2) is 4.79 Å². The number of nitrogens with zero attached hydrogens (tertiary/aromatic N) is 1. The molecular formula is C24H25NO2. The standard InChI is InChI=1S/C24H25NO2/c1-17(22-8-4-6-19-5-2-3-7-23(19)22)15-18-13-14-25(16-18)21-11-9-20(10-12-21)24(26)27/h2-12,17-18H,13-16H2,1H3,(H,26,27)/t17-,18+/m0/s1. The van der Waals surface area contributed by atoms with Crippen molar-refractivity contribution < 1.29 is 9.90 Å². The van der Waals surface area contributed by atoms with E-state index in [4.69, 9.17) is 5.11 Å². The van der Waals surface area contributed by atoms with E-state index < -0.39 is 5.97 Å². The summed E-state index contributed by atoms with van der Waals surface area (Å²) in [5, 5.41) is 11.7. The minimum absolute atomic E-state index is 0.346. The molecule has 0 amide bonds. The first-order valence-corrected chi connectivity index (χ1v) is 9.68. The summed E-state index contributed by atoms with van der Waals surface area (Å²) in [4.78, 5) is 13.4. The molecule has 0 unspecified atom stereocenters. The molecule has 1 fully saturated rings. The Labute approximate surface area is 160 Å². The highest BCUT2D eigenvalue weighted by atomic mass is 16.4. The molecule has 1 saturated heterocycles. The minimum atomic E-state index is -0.871. The van der Waals surface area contributed by atoms with Crippen LogP contribution in [0.25, 0.3) is 10.8 Å². The number of rotatable bonds is 5. The van der Waals surface area contributed by atoms with E-state index in [1.807, 2.05) is 12.1 Å². The van der Waals surface area contributed by atoms with Crippen LogP contribution in [-0.4, -0.2) is 24.2 Å². The third-order valence-electron chi connectivity index (χ3n) is 5.81. The van der Waals surface area contributed by atoms with Crippen molar-refractivity contribution in [2.45, 2.75) is 25.7 Å². The summed E-state index contributed by atoms with van der Waals surface area (Å²) in [5.74, 6) is 0.318. The van der Waals surface area contributed by atoms with Gasteiger partial charge in [-0.05, 0) is 65.3 Å². The van der Waals surface area contributed by atoms with Gasteiger partial charge in [-0.3, -0.25) is 0 Å². The molecule has 1 aliphatic heterocycles. The van der Waals surface area contributed by atoms with Crippen molar-refractivity contribution in [3.8, 4) is 0 Å². The molecule has 1 N–H and O–H groups in total. The summed E-state index contributed by atoms with van der Waals surface area (Å²) in [5.41, 5.74) is 2.91. The second-order valence-corrected chi connectivity index (χ2v) is 7.66. The van der Waals surface area contributed by atoms with Crippen LogP contribution in [0.2, 0.25) is 0 Å². The highest BCUT2D eigenvalue weighted by molar-refractivity contribution is 5.88. The van der Waals surface area contributed by atoms with Gasteiger partial charge in [0.1, 0.15) is 0 Å². The summed E-state index contributed by atoms with van der Waals surface area (Å²) in [6, 6.07) is 22.5. The molecule has 138 valence electrons. The van der Waals surface area contributed by atoms with Gasteiger partial charge in [-0.1, -0.05) is 49.4 Å². The Hall–Kier alpha value is -2.81. The molecule has 3 aromatic carbocycles. The second kappa shape index (κ2) is 7.43. The Morgan fingerprint density at radius 2 is 1.81 bits per heavy atom. The van der Waals surface area contributed by atoms with E-state index in [2.05, 4.69) is 54.3 Å². The Bertz CT molecular complexity index is 943. The summed E-state index contributed by atoms with van der Waals surface area (Å²) in [6.45, 7) is 4.42. The van der Waals surface area contributed by atoms with Crippen LogP contribution in [0.4, 0.5) is 5.69 Å². The lowest BCUT2D eigenvalue weighted by Gasteiger charge is -2.21. The Balaban J connectivity index is 1.44. The lowest BCUT2D eigenvalue weighted by Crippen LogP contribution is -2.20. The van der Waals surface area contributed by atoms with Crippen molar-refractivity contribution in [2.24, 2.45) is 5.92 Å². The maximum atomic E-state index is 11.0. The van der Waals surface area contributed by atoms with Crippen LogP contribution in [-0.2, 0) is 0 Å². The van der Waals surface area contributed by atoms with Crippen LogP contribution < -0.4 is 4.90 Å². The van der Waals surface area contributed by atoms with E-state index >= 15 is 0 Å². The predicted octanol–water partition coefficient (Wildman–Crippen LogP) is 5.56. The SMILES string of the molecule is C[C@@H](C[C@H]1CCN(c2ccc(C(=O)O)cc2)C1)c1cccc2ccccc12. The van der Waals surface area contributed by atoms with Gasteiger partial charge in [0.15, 0.2) is 0 Å². The zero-order valence-electron chi connectivity index (χ0n) is 15.6. The monoisotopic (exact) mass is 359 g/mol. The Kier molecular flexibility index (Phi) is 4.85. The number of benzene rings is 3. The third-order valence-corrected chi connectivity index (χ3v) is 5.81.